The Balaban J connectivity index is 2.55. The molecule has 0 aliphatic heterocycles. The van der Waals surface area contributed by atoms with Crippen LogP contribution < -0.4 is 0 Å². The monoisotopic (exact) mass is 223 g/mol. The van der Waals surface area contributed by atoms with Crippen LogP contribution in [-0.2, 0) is 4.79 Å². The van der Waals surface area contributed by atoms with Crippen molar-refractivity contribution in [3.63, 3.8) is 0 Å². The summed E-state index contributed by atoms with van der Waals surface area (Å²) in [5, 5.41) is 8.85. The van der Waals surface area contributed by atoms with Crippen LogP contribution in [-0.4, -0.2) is 35.1 Å². The summed E-state index contributed by atoms with van der Waals surface area (Å²) in [6.07, 6.45) is 11.1. The lowest BCUT2D eigenvalue weighted by atomic mass is 10.0. The Morgan fingerprint density at radius 2 is 2.19 bits per heavy atom. The second-order valence-electron chi connectivity index (χ2n) is 4.77. The first-order valence-corrected chi connectivity index (χ1v) is 6.02. The van der Waals surface area contributed by atoms with Crippen molar-refractivity contribution in [2.24, 2.45) is 5.92 Å². The van der Waals surface area contributed by atoms with Gasteiger partial charge in [0.15, 0.2) is 0 Å². The van der Waals surface area contributed by atoms with Crippen molar-refractivity contribution in [3.05, 3.63) is 0 Å². The Morgan fingerprint density at radius 1 is 1.44 bits per heavy atom. The molecule has 1 aliphatic carbocycles. The molecule has 1 rings (SSSR count). The third-order valence-electron chi connectivity index (χ3n) is 3.38. The van der Waals surface area contributed by atoms with E-state index in [1.807, 2.05) is 4.90 Å². The third-order valence-corrected chi connectivity index (χ3v) is 3.38. The predicted octanol–water partition coefficient (Wildman–Crippen LogP) is 1.97. The van der Waals surface area contributed by atoms with Crippen LogP contribution in [0.4, 0.5) is 0 Å². The first-order chi connectivity index (χ1) is 7.63. The molecule has 0 saturated heterocycles. The first kappa shape index (κ1) is 13.1. The van der Waals surface area contributed by atoms with E-state index in [2.05, 4.69) is 12.8 Å². The summed E-state index contributed by atoms with van der Waals surface area (Å²) in [5.74, 6) is 2.55. The molecule has 0 amide bonds. The summed E-state index contributed by atoms with van der Waals surface area (Å²) in [7, 11) is 0. The number of hydrogen-bond donors (Lipinski definition) is 1. The second kappa shape index (κ2) is 6.55. The van der Waals surface area contributed by atoms with E-state index in [0.717, 1.165) is 18.8 Å². The fourth-order valence-corrected chi connectivity index (χ4v) is 2.44. The van der Waals surface area contributed by atoms with Gasteiger partial charge in [0.2, 0.25) is 0 Å². The van der Waals surface area contributed by atoms with Crippen molar-refractivity contribution in [2.75, 3.05) is 13.1 Å². The number of carboxylic acid groups (broad SMARTS) is 1. The molecule has 1 fully saturated rings. The van der Waals surface area contributed by atoms with Crippen molar-refractivity contribution in [2.45, 2.75) is 45.1 Å². The molecule has 1 aliphatic rings. The van der Waals surface area contributed by atoms with Crippen LogP contribution in [0.5, 0.6) is 0 Å². The maximum atomic E-state index is 10.8. The highest BCUT2D eigenvalue weighted by Crippen LogP contribution is 2.25. The van der Waals surface area contributed by atoms with Gasteiger partial charge in [0.05, 0.1) is 13.1 Å². The van der Waals surface area contributed by atoms with Gasteiger partial charge in [-0.25, -0.2) is 0 Å². The minimum Gasteiger partial charge on any atom is -0.480 e. The van der Waals surface area contributed by atoms with Gasteiger partial charge >= 0.3 is 5.97 Å². The third kappa shape index (κ3) is 4.24. The van der Waals surface area contributed by atoms with E-state index in [9.17, 15) is 4.79 Å². The number of terminal acetylenes is 1. The molecule has 1 N–H and O–H groups in total. The van der Waals surface area contributed by atoms with Crippen LogP contribution in [0.25, 0.3) is 0 Å². The summed E-state index contributed by atoms with van der Waals surface area (Å²) in [6.45, 7) is 2.79. The van der Waals surface area contributed by atoms with E-state index in [0.29, 0.717) is 12.6 Å². The van der Waals surface area contributed by atoms with E-state index in [1.165, 1.54) is 19.3 Å². The summed E-state index contributed by atoms with van der Waals surface area (Å²) in [4.78, 5) is 12.7. The van der Waals surface area contributed by atoms with Crippen molar-refractivity contribution < 1.29 is 9.90 Å². The lowest BCUT2D eigenvalue weighted by Crippen LogP contribution is -2.39. The SMILES string of the molecule is C#CCN(CC(=O)O)C1CCCC(C)CC1. The van der Waals surface area contributed by atoms with Gasteiger partial charge in [-0.2, -0.15) is 0 Å². The van der Waals surface area contributed by atoms with Crippen LogP contribution in [0.1, 0.15) is 39.0 Å². The molecule has 0 radical (unpaired) electrons. The minimum atomic E-state index is -0.785. The van der Waals surface area contributed by atoms with Crippen LogP contribution in [0.15, 0.2) is 0 Å². The van der Waals surface area contributed by atoms with Gasteiger partial charge in [-0.05, 0) is 25.2 Å². The van der Waals surface area contributed by atoms with E-state index < -0.39 is 5.97 Å². The lowest BCUT2D eigenvalue weighted by Gasteiger charge is -2.27. The smallest absolute Gasteiger partial charge is 0.317 e. The van der Waals surface area contributed by atoms with E-state index in [1.54, 1.807) is 0 Å². The molecule has 0 bridgehead atoms. The zero-order chi connectivity index (χ0) is 12.0. The number of rotatable bonds is 4. The van der Waals surface area contributed by atoms with Gasteiger partial charge in [-0.3, -0.25) is 9.69 Å². The number of aliphatic carboxylic acids is 1. The highest BCUT2D eigenvalue weighted by atomic mass is 16.4. The molecular weight excluding hydrogens is 202 g/mol. The predicted molar refractivity (Wildman–Crippen MR) is 64.1 cm³/mol. The molecule has 0 aromatic rings. The summed E-state index contributed by atoms with van der Waals surface area (Å²) < 4.78 is 0. The molecule has 0 aromatic heterocycles. The number of hydrogen-bond acceptors (Lipinski definition) is 2. The van der Waals surface area contributed by atoms with Gasteiger partial charge < -0.3 is 5.11 Å². The van der Waals surface area contributed by atoms with Gasteiger partial charge in [-0.1, -0.05) is 25.7 Å². The molecule has 2 atom stereocenters. The van der Waals surface area contributed by atoms with Gasteiger partial charge in [0, 0.05) is 6.04 Å². The quantitative estimate of drug-likeness (QED) is 0.585. The second-order valence-corrected chi connectivity index (χ2v) is 4.77. The van der Waals surface area contributed by atoms with Crippen LogP contribution in [0.3, 0.4) is 0 Å². The Kier molecular flexibility index (Phi) is 5.34. The van der Waals surface area contributed by atoms with Gasteiger partial charge in [0.1, 0.15) is 0 Å². The van der Waals surface area contributed by atoms with Crippen molar-refractivity contribution >= 4 is 5.97 Å². The van der Waals surface area contributed by atoms with Crippen LogP contribution in [0, 0.1) is 18.3 Å². The van der Waals surface area contributed by atoms with E-state index in [4.69, 9.17) is 11.5 Å². The van der Waals surface area contributed by atoms with Crippen LogP contribution >= 0.6 is 0 Å². The molecule has 16 heavy (non-hydrogen) atoms. The topological polar surface area (TPSA) is 40.5 Å². The number of nitrogens with zero attached hydrogens (tertiary/aromatic N) is 1. The highest BCUT2D eigenvalue weighted by molar-refractivity contribution is 5.69. The largest absolute Gasteiger partial charge is 0.480 e. The van der Waals surface area contributed by atoms with E-state index >= 15 is 0 Å². The van der Waals surface area contributed by atoms with Crippen molar-refractivity contribution in [1.29, 1.82) is 0 Å². The lowest BCUT2D eigenvalue weighted by molar-refractivity contribution is -0.138. The maximum absolute atomic E-state index is 10.8. The van der Waals surface area contributed by atoms with Gasteiger partial charge in [-0.15, -0.1) is 6.42 Å². The number of carbonyl (C=O) groups is 1. The Morgan fingerprint density at radius 3 is 2.81 bits per heavy atom. The molecule has 1 saturated carbocycles. The molecule has 0 aromatic carbocycles. The van der Waals surface area contributed by atoms with E-state index in [-0.39, 0.29) is 6.54 Å². The molecular formula is C13H21NO2. The molecule has 3 heteroatoms. The highest BCUT2D eigenvalue weighted by Gasteiger charge is 2.23. The molecule has 90 valence electrons. The van der Waals surface area contributed by atoms with Crippen molar-refractivity contribution in [3.8, 4) is 12.3 Å². The summed E-state index contributed by atoms with van der Waals surface area (Å²) >= 11 is 0. The fraction of sp³-hybridized carbons (Fsp3) is 0.769. The van der Waals surface area contributed by atoms with Gasteiger partial charge in [0.25, 0.3) is 0 Å². The first-order valence-electron chi connectivity index (χ1n) is 6.02. The van der Waals surface area contributed by atoms with Crippen LogP contribution in [0.2, 0.25) is 0 Å². The molecule has 0 heterocycles. The Labute approximate surface area is 97.8 Å². The summed E-state index contributed by atoms with van der Waals surface area (Å²) in [6, 6.07) is 0.358. The molecule has 0 spiro atoms. The minimum absolute atomic E-state index is 0.0727. The standard InChI is InChI=1S/C13H21NO2/c1-3-9-14(10-13(15)16)12-6-4-5-11(2)7-8-12/h1,11-12H,4-10H2,2H3,(H,15,16). The molecule has 3 nitrogen and oxygen atoms in total. The summed E-state index contributed by atoms with van der Waals surface area (Å²) in [5.41, 5.74) is 0. The zero-order valence-electron chi connectivity index (χ0n) is 9.98. The fourth-order valence-electron chi connectivity index (χ4n) is 2.44. The maximum Gasteiger partial charge on any atom is 0.317 e. The Bertz CT molecular complexity index is 270. The van der Waals surface area contributed by atoms with Crippen molar-refractivity contribution in [1.82, 2.24) is 4.90 Å². The Hall–Kier alpha value is -1.01. The average molecular weight is 223 g/mol. The normalized spacial score (nSPS) is 26.1. The molecule has 2 unspecified atom stereocenters. The number of carboxylic acids is 1. The zero-order valence-corrected chi connectivity index (χ0v) is 9.98. The average Bonchev–Trinajstić information content (AvgIpc) is 2.42.